The van der Waals surface area contributed by atoms with Crippen LogP contribution in [0.3, 0.4) is 0 Å². The lowest BCUT2D eigenvalue weighted by molar-refractivity contribution is 0.171. The molecule has 2 N–H and O–H groups in total. The fourth-order valence-corrected chi connectivity index (χ4v) is 3.81. The number of nitrogens with zero attached hydrogens (tertiary/aromatic N) is 1. The summed E-state index contributed by atoms with van der Waals surface area (Å²) in [6, 6.07) is 11.1. The summed E-state index contributed by atoms with van der Waals surface area (Å²) in [5, 5.41) is 6.49. The number of thiazole rings is 1. The average molecular weight is 420 g/mol. The Labute approximate surface area is 156 Å². The number of fused-ring (bicyclic) bond motifs is 2. The molecule has 6 nitrogen and oxygen atoms in total. The summed E-state index contributed by atoms with van der Waals surface area (Å²) in [5.41, 5.74) is 1.56. The van der Waals surface area contributed by atoms with Crippen molar-refractivity contribution in [2.75, 3.05) is 18.5 Å². The van der Waals surface area contributed by atoms with Gasteiger partial charge in [-0.25, -0.2) is 9.78 Å². The third kappa shape index (κ3) is 3.54. The molecule has 0 radical (unpaired) electrons. The van der Waals surface area contributed by atoms with Crippen LogP contribution in [0.4, 0.5) is 10.5 Å². The Bertz CT molecular complexity index is 911. The molecule has 1 aliphatic heterocycles. The smallest absolute Gasteiger partial charge is 0.319 e. The second kappa shape index (κ2) is 6.89. The maximum Gasteiger partial charge on any atom is 0.319 e. The first-order valence-corrected chi connectivity index (χ1v) is 9.28. The van der Waals surface area contributed by atoms with Gasteiger partial charge in [-0.15, -0.1) is 11.3 Å². The summed E-state index contributed by atoms with van der Waals surface area (Å²) >= 11 is 5.00. The van der Waals surface area contributed by atoms with Crippen molar-refractivity contribution in [1.29, 1.82) is 0 Å². The molecule has 128 valence electrons. The van der Waals surface area contributed by atoms with E-state index in [9.17, 15) is 4.79 Å². The van der Waals surface area contributed by atoms with Crippen molar-refractivity contribution >= 4 is 49.2 Å². The van der Waals surface area contributed by atoms with E-state index in [0.717, 1.165) is 19.7 Å². The number of nitrogens with one attached hydrogen (secondary N) is 2. The molecule has 0 fully saturated rings. The Kier molecular flexibility index (Phi) is 4.46. The fraction of sp³-hybridized carbons (Fsp3) is 0.176. The maximum absolute atomic E-state index is 12.2. The molecule has 0 saturated heterocycles. The summed E-state index contributed by atoms with van der Waals surface area (Å²) < 4.78 is 12.9. The Balaban J connectivity index is 1.42. The van der Waals surface area contributed by atoms with Gasteiger partial charge in [-0.3, -0.25) is 0 Å². The summed E-state index contributed by atoms with van der Waals surface area (Å²) in [6.07, 6.45) is 0. The zero-order valence-electron chi connectivity index (χ0n) is 13.0. The van der Waals surface area contributed by atoms with Gasteiger partial charge in [0.1, 0.15) is 18.2 Å². The Hall–Kier alpha value is -2.32. The fourth-order valence-electron chi connectivity index (χ4n) is 2.48. The van der Waals surface area contributed by atoms with E-state index in [4.69, 9.17) is 9.47 Å². The van der Waals surface area contributed by atoms with Crippen LogP contribution >= 0.6 is 27.3 Å². The van der Waals surface area contributed by atoms with E-state index in [1.54, 1.807) is 23.5 Å². The standard InChI is InChI=1S/C17H14BrN3O3S/c18-10-7-13-14(24-6-5-23-13)8-12(10)21-17(22)19-9-16-20-11-3-1-2-4-15(11)25-16/h1-4,7-8H,5-6,9H2,(H2,19,21,22). The van der Waals surface area contributed by atoms with Crippen molar-refractivity contribution in [1.82, 2.24) is 10.3 Å². The number of hydrogen-bond donors (Lipinski definition) is 2. The molecule has 2 aromatic carbocycles. The predicted octanol–water partition coefficient (Wildman–Crippen LogP) is 4.15. The molecule has 8 heteroatoms. The lowest BCUT2D eigenvalue weighted by Gasteiger charge is -2.20. The number of carbonyl (C=O) groups excluding carboxylic acids is 1. The Morgan fingerprint density at radius 1 is 1.20 bits per heavy atom. The van der Waals surface area contributed by atoms with E-state index >= 15 is 0 Å². The van der Waals surface area contributed by atoms with Gasteiger partial charge in [0.05, 0.1) is 22.4 Å². The van der Waals surface area contributed by atoms with Crippen LogP contribution in [0, 0.1) is 0 Å². The van der Waals surface area contributed by atoms with E-state index in [-0.39, 0.29) is 6.03 Å². The van der Waals surface area contributed by atoms with Crippen LogP contribution in [0.15, 0.2) is 40.9 Å². The number of benzene rings is 2. The molecule has 4 rings (SSSR count). The van der Waals surface area contributed by atoms with Gasteiger partial charge in [-0.05, 0) is 28.1 Å². The Morgan fingerprint density at radius 3 is 2.76 bits per heavy atom. The van der Waals surface area contributed by atoms with Crippen LogP contribution in [-0.4, -0.2) is 24.2 Å². The number of para-hydroxylation sites is 1. The first-order valence-electron chi connectivity index (χ1n) is 7.67. The van der Waals surface area contributed by atoms with Gasteiger partial charge < -0.3 is 20.1 Å². The molecule has 0 aliphatic carbocycles. The number of rotatable bonds is 3. The van der Waals surface area contributed by atoms with Gasteiger partial charge in [0.25, 0.3) is 0 Å². The minimum atomic E-state index is -0.309. The number of hydrogen-bond acceptors (Lipinski definition) is 5. The first kappa shape index (κ1) is 16.2. The number of carbonyl (C=O) groups is 1. The first-order chi connectivity index (χ1) is 12.2. The average Bonchev–Trinajstić information content (AvgIpc) is 3.03. The normalized spacial score (nSPS) is 12.8. The van der Waals surface area contributed by atoms with Gasteiger partial charge >= 0.3 is 6.03 Å². The van der Waals surface area contributed by atoms with Gasteiger partial charge in [0.2, 0.25) is 0 Å². The second-order valence-corrected chi connectivity index (χ2v) is 7.33. The topological polar surface area (TPSA) is 72.5 Å². The summed E-state index contributed by atoms with van der Waals surface area (Å²) in [7, 11) is 0. The van der Waals surface area contributed by atoms with Crippen molar-refractivity contribution in [3.05, 3.63) is 45.9 Å². The zero-order valence-corrected chi connectivity index (χ0v) is 15.4. The molecule has 0 unspecified atom stereocenters. The van der Waals surface area contributed by atoms with Crippen LogP contribution < -0.4 is 20.1 Å². The predicted molar refractivity (Wildman–Crippen MR) is 101 cm³/mol. The SMILES string of the molecule is O=C(NCc1nc2ccccc2s1)Nc1cc2c(cc1Br)OCCO2. The summed E-state index contributed by atoms with van der Waals surface area (Å²) in [6.45, 7) is 1.39. The van der Waals surface area contributed by atoms with Crippen molar-refractivity contribution < 1.29 is 14.3 Å². The number of aromatic nitrogens is 1. The molecule has 2 amide bonds. The number of halogens is 1. The van der Waals surface area contributed by atoms with Crippen molar-refractivity contribution in [3.8, 4) is 11.5 Å². The molecule has 2 heterocycles. The summed E-state index contributed by atoms with van der Waals surface area (Å²) in [4.78, 5) is 16.7. The van der Waals surface area contributed by atoms with E-state index in [1.807, 2.05) is 24.3 Å². The van der Waals surface area contributed by atoms with Crippen LogP contribution in [-0.2, 0) is 6.54 Å². The number of ether oxygens (including phenoxy) is 2. The minimum Gasteiger partial charge on any atom is -0.486 e. The lowest BCUT2D eigenvalue weighted by atomic mass is 10.2. The van der Waals surface area contributed by atoms with Crippen LogP contribution in [0.1, 0.15) is 5.01 Å². The largest absolute Gasteiger partial charge is 0.486 e. The highest BCUT2D eigenvalue weighted by Crippen LogP contribution is 2.38. The molecular formula is C17H14BrN3O3S. The van der Waals surface area contributed by atoms with Gasteiger partial charge in [0, 0.05) is 16.6 Å². The highest BCUT2D eigenvalue weighted by Gasteiger charge is 2.16. The van der Waals surface area contributed by atoms with Crippen molar-refractivity contribution in [3.63, 3.8) is 0 Å². The lowest BCUT2D eigenvalue weighted by Crippen LogP contribution is -2.28. The molecule has 1 aliphatic rings. The van der Waals surface area contributed by atoms with Crippen LogP contribution in [0.25, 0.3) is 10.2 Å². The minimum absolute atomic E-state index is 0.309. The Morgan fingerprint density at radius 2 is 1.96 bits per heavy atom. The number of anilines is 1. The van der Waals surface area contributed by atoms with Crippen LogP contribution in [0.5, 0.6) is 11.5 Å². The summed E-state index contributed by atoms with van der Waals surface area (Å²) in [5.74, 6) is 1.29. The van der Waals surface area contributed by atoms with Crippen molar-refractivity contribution in [2.24, 2.45) is 0 Å². The quantitative estimate of drug-likeness (QED) is 0.668. The molecule has 25 heavy (non-hydrogen) atoms. The van der Waals surface area contributed by atoms with E-state index in [0.29, 0.717) is 36.9 Å². The van der Waals surface area contributed by atoms with E-state index in [1.165, 1.54) is 0 Å². The van der Waals surface area contributed by atoms with Gasteiger partial charge in [-0.1, -0.05) is 12.1 Å². The van der Waals surface area contributed by atoms with Gasteiger partial charge in [0.15, 0.2) is 11.5 Å². The molecule has 0 atom stereocenters. The molecule has 0 saturated carbocycles. The highest BCUT2D eigenvalue weighted by molar-refractivity contribution is 9.10. The number of urea groups is 1. The molecule has 0 spiro atoms. The molecule has 3 aromatic rings. The number of amides is 2. The third-order valence-corrected chi connectivity index (χ3v) is 5.31. The molecular weight excluding hydrogens is 406 g/mol. The highest BCUT2D eigenvalue weighted by atomic mass is 79.9. The maximum atomic E-state index is 12.2. The zero-order chi connectivity index (χ0) is 17.2. The molecule has 1 aromatic heterocycles. The van der Waals surface area contributed by atoms with Gasteiger partial charge in [-0.2, -0.15) is 0 Å². The molecule has 0 bridgehead atoms. The van der Waals surface area contributed by atoms with E-state index < -0.39 is 0 Å². The second-order valence-electron chi connectivity index (χ2n) is 5.36. The van der Waals surface area contributed by atoms with Crippen molar-refractivity contribution in [2.45, 2.75) is 6.54 Å². The third-order valence-electron chi connectivity index (χ3n) is 3.62. The van der Waals surface area contributed by atoms with Crippen LogP contribution in [0.2, 0.25) is 0 Å². The monoisotopic (exact) mass is 419 g/mol. The van der Waals surface area contributed by atoms with E-state index in [2.05, 4.69) is 31.5 Å².